The first-order chi connectivity index (χ1) is 5.81. The molecule has 0 atom stereocenters. The van der Waals surface area contributed by atoms with E-state index in [9.17, 15) is 0 Å². The van der Waals surface area contributed by atoms with Crippen LogP contribution in [0.1, 0.15) is 25.7 Å². The Morgan fingerprint density at radius 2 is 1.43 bits per heavy atom. The summed E-state index contributed by atoms with van der Waals surface area (Å²) in [5.41, 5.74) is 0.734. The van der Waals surface area contributed by atoms with Crippen LogP contribution < -0.4 is 5.32 Å². The first kappa shape index (κ1) is 14.5. The average Bonchev–Trinajstić information content (AvgIpc) is 2.13. The summed E-state index contributed by atoms with van der Waals surface area (Å²) in [6.45, 7) is 5.15. The zero-order valence-electron chi connectivity index (χ0n) is 8.92. The van der Waals surface area contributed by atoms with E-state index in [1.54, 1.807) is 0 Å². The van der Waals surface area contributed by atoms with Gasteiger partial charge < -0.3 is 10.2 Å². The monoisotopic (exact) mass is 240 g/mol. The third-order valence-corrected chi connectivity index (χ3v) is 3.71. The summed E-state index contributed by atoms with van der Waals surface area (Å²) in [7, 11) is 2.24. The van der Waals surface area contributed by atoms with Gasteiger partial charge in [-0.3, -0.25) is 0 Å². The van der Waals surface area contributed by atoms with Crippen molar-refractivity contribution in [2.24, 2.45) is 5.41 Å². The van der Waals surface area contributed by atoms with Gasteiger partial charge in [0.15, 0.2) is 0 Å². The van der Waals surface area contributed by atoms with E-state index in [4.69, 9.17) is 0 Å². The van der Waals surface area contributed by atoms with Crippen molar-refractivity contribution in [3.05, 3.63) is 0 Å². The number of rotatable bonds is 0. The fourth-order valence-electron chi connectivity index (χ4n) is 2.55. The predicted octanol–water partition coefficient (Wildman–Crippen LogP) is 1.93. The molecular weight excluding hydrogens is 219 g/mol. The Hall–Kier alpha value is 0.500. The maximum atomic E-state index is 3.45. The molecule has 2 heterocycles. The molecule has 2 aliphatic heterocycles. The second kappa shape index (κ2) is 6.16. The van der Waals surface area contributed by atoms with Crippen LogP contribution in [0.15, 0.2) is 0 Å². The minimum Gasteiger partial charge on any atom is -0.317 e. The molecule has 86 valence electrons. The molecule has 0 unspecified atom stereocenters. The number of likely N-dealkylation sites (tertiary alicyclic amines) is 1. The molecule has 1 spiro atoms. The van der Waals surface area contributed by atoms with Crippen LogP contribution in [0.3, 0.4) is 0 Å². The number of halogens is 2. The Morgan fingerprint density at radius 1 is 0.929 bits per heavy atom. The molecule has 0 aromatic rings. The molecule has 4 heteroatoms. The SMILES string of the molecule is CN1CCC2(CCNCC2)CC1.Cl.Cl. The molecule has 14 heavy (non-hydrogen) atoms. The standard InChI is InChI=1S/C10H20N2.2ClH/c1-12-8-4-10(5-9-12)2-6-11-7-3-10;;/h11H,2-9H2,1H3;2*1H. The Balaban J connectivity index is 0.000000845. The molecule has 0 amide bonds. The van der Waals surface area contributed by atoms with Gasteiger partial charge in [0.25, 0.3) is 0 Å². The molecule has 2 nitrogen and oxygen atoms in total. The van der Waals surface area contributed by atoms with Gasteiger partial charge in [0, 0.05) is 0 Å². The summed E-state index contributed by atoms with van der Waals surface area (Å²) in [6.07, 6.45) is 5.71. The Morgan fingerprint density at radius 3 is 1.93 bits per heavy atom. The summed E-state index contributed by atoms with van der Waals surface area (Å²) in [4.78, 5) is 2.47. The smallest absolute Gasteiger partial charge is 0.00165 e. The number of hydrogen-bond donors (Lipinski definition) is 1. The molecule has 0 saturated carbocycles. The van der Waals surface area contributed by atoms with E-state index in [1.165, 1.54) is 51.9 Å². The first-order valence-corrected chi connectivity index (χ1v) is 5.20. The fraction of sp³-hybridized carbons (Fsp3) is 1.00. The summed E-state index contributed by atoms with van der Waals surface area (Å²) < 4.78 is 0. The molecule has 0 aromatic heterocycles. The van der Waals surface area contributed by atoms with Crippen molar-refractivity contribution >= 4 is 24.8 Å². The van der Waals surface area contributed by atoms with Gasteiger partial charge in [-0.25, -0.2) is 0 Å². The van der Waals surface area contributed by atoms with Crippen molar-refractivity contribution in [3.63, 3.8) is 0 Å². The Bertz CT molecular complexity index is 148. The minimum absolute atomic E-state index is 0. The molecule has 2 rings (SSSR count). The lowest BCUT2D eigenvalue weighted by atomic mass is 9.72. The van der Waals surface area contributed by atoms with Gasteiger partial charge in [0.05, 0.1) is 0 Å². The molecule has 1 N–H and O–H groups in total. The van der Waals surface area contributed by atoms with Crippen molar-refractivity contribution in [1.29, 1.82) is 0 Å². The Kier molecular flexibility index (Phi) is 6.38. The molecule has 2 saturated heterocycles. The first-order valence-electron chi connectivity index (χ1n) is 5.20. The number of piperidine rings is 2. The molecule has 0 aliphatic carbocycles. The van der Waals surface area contributed by atoms with Crippen LogP contribution in [0, 0.1) is 5.41 Å². The zero-order chi connectivity index (χ0) is 8.44. The van der Waals surface area contributed by atoms with Crippen molar-refractivity contribution in [2.75, 3.05) is 33.2 Å². The largest absolute Gasteiger partial charge is 0.317 e. The topological polar surface area (TPSA) is 15.3 Å². The summed E-state index contributed by atoms with van der Waals surface area (Å²) in [5.74, 6) is 0. The van der Waals surface area contributed by atoms with Crippen LogP contribution in [0.2, 0.25) is 0 Å². The molecule has 2 fully saturated rings. The van der Waals surface area contributed by atoms with Gasteiger partial charge in [-0.2, -0.15) is 0 Å². The van der Waals surface area contributed by atoms with Crippen LogP contribution in [0.4, 0.5) is 0 Å². The fourth-order valence-corrected chi connectivity index (χ4v) is 2.55. The molecular formula is C10H22Cl2N2. The highest BCUT2D eigenvalue weighted by atomic mass is 35.5. The van der Waals surface area contributed by atoms with Crippen LogP contribution in [-0.4, -0.2) is 38.1 Å². The maximum Gasteiger partial charge on any atom is -0.00165 e. The number of hydrogen-bond acceptors (Lipinski definition) is 2. The van der Waals surface area contributed by atoms with Gasteiger partial charge in [0.1, 0.15) is 0 Å². The molecule has 0 aromatic carbocycles. The second-order valence-electron chi connectivity index (χ2n) is 4.55. The lowest BCUT2D eigenvalue weighted by Gasteiger charge is -2.43. The van der Waals surface area contributed by atoms with Crippen molar-refractivity contribution in [1.82, 2.24) is 10.2 Å². The highest BCUT2D eigenvalue weighted by molar-refractivity contribution is 5.85. The van der Waals surface area contributed by atoms with Crippen molar-refractivity contribution < 1.29 is 0 Å². The van der Waals surface area contributed by atoms with E-state index in [1.807, 2.05) is 0 Å². The van der Waals surface area contributed by atoms with E-state index in [0.717, 1.165) is 5.41 Å². The van der Waals surface area contributed by atoms with Gasteiger partial charge in [-0.1, -0.05) is 0 Å². The zero-order valence-corrected chi connectivity index (χ0v) is 10.6. The van der Waals surface area contributed by atoms with Crippen LogP contribution in [-0.2, 0) is 0 Å². The van der Waals surface area contributed by atoms with Gasteiger partial charge in [0.2, 0.25) is 0 Å². The quantitative estimate of drug-likeness (QED) is 0.697. The van der Waals surface area contributed by atoms with Crippen LogP contribution in [0.25, 0.3) is 0 Å². The van der Waals surface area contributed by atoms with E-state index in [2.05, 4.69) is 17.3 Å². The van der Waals surface area contributed by atoms with Crippen molar-refractivity contribution in [3.8, 4) is 0 Å². The van der Waals surface area contributed by atoms with Gasteiger partial charge in [-0.15, -0.1) is 24.8 Å². The summed E-state index contributed by atoms with van der Waals surface area (Å²) >= 11 is 0. The predicted molar refractivity (Wildman–Crippen MR) is 65.8 cm³/mol. The van der Waals surface area contributed by atoms with E-state index >= 15 is 0 Å². The lowest BCUT2D eigenvalue weighted by Crippen LogP contribution is -2.44. The summed E-state index contributed by atoms with van der Waals surface area (Å²) in [6, 6.07) is 0. The molecule has 0 radical (unpaired) electrons. The van der Waals surface area contributed by atoms with E-state index in [0.29, 0.717) is 0 Å². The maximum absolute atomic E-state index is 3.45. The van der Waals surface area contributed by atoms with Crippen molar-refractivity contribution in [2.45, 2.75) is 25.7 Å². The highest BCUT2D eigenvalue weighted by Crippen LogP contribution is 2.38. The van der Waals surface area contributed by atoms with Crippen LogP contribution in [0.5, 0.6) is 0 Å². The normalized spacial score (nSPS) is 26.4. The van der Waals surface area contributed by atoms with E-state index in [-0.39, 0.29) is 24.8 Å². The molecule has 2 aliphatic rings. The van der Waals surface area contributed by atoms with Gasteiger partial charge in [-0.05, 0) is 64.3 Å². The minimum atomic E-state index is 0. The second-order valence-corrected chi connectivity index (χ2v) is 4.55. The lowest BCUT2D eigenvalue weighted by molar-refractivity contribution is 0.0876. The number of nitrogens with zero attached hydrogens (tertiary/aromatic N) is 1. The summed E-state index contributed by atoms with van der Waals surface area (Å²) in [5, 5.41) is 3.45. The Labute approximate surface area is 99.6 Å². The van der Waals surface area contributed by atoms with Crippen LogP contribution >= 0.6 is 24.8 Å². The molecule has 0 bridgehead atoms. The third kappa shape index (κ3) is 3.27. The number of nitrogens with one attached hydrogen (secondary N) is 1. The third-order valence-electron chi connectivity index (χ3n) is 3.71. The average molecular weight is 241 g/mol. The highest BCUT2D eigenvalue weighted by Gasteiger charge is 2.34. The van der Waals surface area contributed by atoms with Gasteiger partial charge >= 0.3 is 0 Å². The van der Waals surface area contributed by atoms with E-state index < -0.39 is 0 Å².